The van der Waals surface area contributed by atoms with Gasteiger partial charge in [-0.25, -0.2) is 0 Å². The summed E-state index contributed by atoms with van der Waals surface area (Å²) >= 11 is 0. The molecule has 0 radical (unpaired) electrons. The Morgan fingerprint density at radius 2 is 2.08 bits per heavy atom. The average molecular weight is 357 g/mol. The van der Waals surface area contributed by atoms with E-state index in [0.29, 0.717) is 17.9 Å². The molecule has 1 heterocycles. The predicted octanol–water partition coefficient (Wildman–Crippen LogP) is 5.31. The Hall–Kier alpha value is -0.810. The normalized spacial score (nSPS) is 38.2. The highest BCUT2D eigenvalue weighted by atomic mass is 19.4. The minimum atomic E-state index is -4.19. The fourth-order valence-electron chi connectivity index (χ4n) is 4.43. The lowest BCUT2D eigenvalue weighted by atomic mass is 9.78. The lowest BCUT2D eigenvalue weighted by Crippen LogP contribution is -2.56. The summed E-state index contributed by atoms with van der Waals surface area (Å²) in [5, 5.41) is 0. The molecule has 25 heavy (non-hydrogen) atoms. The van der Waals surface area contributed by atoms with E-state index in [1.54, 1.807) is 6.08 Å². The molecule has 3 rings (SSSR count). The first-order chi connectivity index (χ1) is 11.8. The van der Waals surface area contributed by atoms with Gasteiger partial charge >= 0.3 is 6.18 Å². The second-order valence-corrected chi connectivity index (χ2v) is 8.14. The van der Waals surface area contributed by atoms with Crippen molar-refractivity contribution in [2.45, 2.75) is 77.4 Å². The van der Waals surface area contributed by atoms with Crippen LogP contribution in [0.25, 0.3) is 0 Å². The summed E-state index contributed by atoms with van der Waals surface area (Å²) in [6.45, 7) is 7.47. The number of nitrogens with zero attached hydrogens (tertiary/aromatic N) is 1. The van der Waals surface area contributed by atoms with Crippen LogP contribution >= 0.6 is 0 Å². The van der Waals surface area contributed by atoms with E-state index in [1.807, 2.05) is 6.08 Å². The van der Waals surface area contributed by atoms with Crippen LogP contribution in [0.2, 0.25) is 0 Å². The quantitative estimate of drug-likeness (QED) is 0.678. The topological polar surface area (TPSA) is 12.5 Å². The van der Waals surface area contributed by atoms with Crippen molar-refractivity contribution in [1.82, 2.24) is 4.90 Å². The van der Waals surface area contributed by atoms with E-state index in [4.69, 9.17) is 4.74 Å². The van der Waals surface area contributed by atoms with Crippen LogP contribution in [0.3, 0.4) is 0 Å². The van der Waals surface area contributed by atoms with Gasteiger partial charge in [-0.05, 0) is 50.0 Å². The minimum absolute atomic E-state index is 0.0184. The average Bonchev–Trinajstić information content (AvgIpc) is 2.59. The highest BCUT2D eigenvalue weighted by Crippen LogP contribution is 2.42. The first kappa shape index (κ1) is 19.0. The van der Waals surface area contributed by atoms with E-state index in [1.165, 1.54) is 12.5 Å². The molecule has 5 heteroatoms. The van der Waals surface area contributed by atoms with Gasteiger partial charge in [-0.2, -0.15) is 13.2 Å². The van der Waals surface area contributed by atoms with Gasteiger partial charge in [0.2, 0.25) is 0 Å². The van der Waals surface area contributed by atoms with Crippen LogP contribution in [-0.4, -0.2) is 36.0 Å². The molecule has 1 aliphatic heterocycles. The van der Waals surface area contributed by atoms with Crippen molar-refractivity contribution in [2.24, 2.45) is 17.8 Å². The molecule has 3 aliphatic rings. The van der Waals surface area contributed by atoms with Crippen LogP contribution in [0, 0.1) is 17.8 Å². The molecule has 142 valence electrons. The molecule has 2 aliphatic carbocycles. The number of fused-ring (bicyclic) bond motifs is 1. The third kappa shape index (κ3) is 4.13. The Labute approximate surface area is 149 Å². The van der Waals surface area contributed by atoms with Crippen LogP contribution in [0.4, 0.5) is 13.2 Å². The van der Waals surface area contributed by atoms with Crippen molar-refractivity contribution in [1.29, 1.82) is 0 Å². The summed E-state index contributed by atoms with van der Waals surface area (Å²) in [6.07, 6.45) is 4.77. The zero-order valence-corrected chi connectivity index (χ0v) is 15.4. The van der Waals surface area contributed by atoms with Gasteiger partial charge < -0.3 is 4.74 Å². The minimum Gasteiger partial charge on any atom is -0.356 e. The van der Waals surface area contributed by atoms with Crippen molar-refractivity contribution in [2.75, 3.05) is 6.54 Å². The van der Waals surface area contributed by atoms with Crippen LogP contribution in [0.1, 0.15) is 52.9 Å². The van der Waals surface area contributed by atoms with E-state index < -0.39 is 12.1 Å². The lowest BCUT2D eigenvalue weighted by molar-refractivity contribution is -0.184. The molecule has 0 amide bonds. The third-order valence-corrected chi connectivity index (χ3v) is 6.24. The first-order valence-corrected chi connectivity index (χ1v) is 9.64. The highest BCUT2D eigenvalue weighted by Gasteiger charge is 2.45. The zero-order valence-electron chi connectivity index (χ0n) is 15.4. The molecular formula is C20H30F3NO. The van der Waals surface area contributed by atoms with Gasteiger partial charge in [0.05, 0.1) is 12.0 Å². The molecule has 0 aromatic heterocycles. The smallest absolute Gasteiger partial charge is 0.356 e. The van der Waals surface area contributed by atoms with Gasteiger partial charge in [0.15, 0.2) is 0 Å². The number of hydrogen-bond donors (Lipinski definition) is 0. The summed E-state index contributed by atoms with van der Waals surface area (Å²) in [4.78, 5) is 2.30. The van der Waals surface area contributed by atoms with Gasteiger partial charge in [-0.1, -0.05) is 38.5 Å². The van der Waals surface area contributed by atoms with Gasteiger partial charge in [0.25, 0.3) is 0 Å². The Kier molecular flexibility index (Phi) is 5.64. The third-order valence-electron chi connectivity index (χ3n) is 6.24. The molecule has 0 aromatic rings. The fourth-order valence-corrected chi connectivity index (χ4v) is 4.43. The summed E-state index contributed by atoms with van der Waals surface area (Å²) in [7, 11) is 0. The Balaban J connectivity index is 1.81. The van der Waals surface area contributed by atoms with Crippen molar-refractivity contribution < 1.29 is 17.9 Å². The molecule has 0 N–H and O–H groups in total. The second kappa shape index (κ2) is 7.43. The predicted molar refractivity (Wildman–Crippen MR) is 93.0 cm³/mol. The Morgan fingerprint density at radius 1 is 1.32 bits per heavy atom. The summed E-state index contributed by atoms with van der Waals surface area (Å²) in [5.74, 6) is -0.238. The van der Waals surface area contributed by atoms with Crippen LogP contribution in [0.15, 0.2) is 23.8 Å². The maximum atomic E-state index is 13.2. The van der Waals surface area contributed by atoms with E-state index >= 15 is 0 Å². The van der Waals surface area contributed by atoms with Crippen molar-refractivity contribution in [3.63, 3.8) is 0 Å². The van der Waals surface area contributed by atoms with Gasteiger partial charge in [-0.15, -0.1) is 0 Å². The molecule has 2 nitrogen and oxygen atoms in total. The number of halogens is 3. The molecule has 6 atom stereocenters. The number of hydrogen-bond acceptors (Lipinski definition) is 2. The van der Waals surface area contributed by atoms with Gasteiger partial charge in [0.1, 0.15) is 6.23 Å². The largest absolute Gasteiger partial charge is 0.395 e. The molecule has 0 aromatic carbocycles. The molecule has 1 saturated heterocycles. The second-order valence-electron chi connectivity index (χ2n) is 8.14. The Morgan fingerprint density at radius 3 is 2.76 bits per heavy atom. The molecule has 1 saturated carbocycles. The van der Waals surface area contributed by atoms with Crippen LogP contribution < -0.4 is 0 Å². The zero-order chi connectivity index (χ0) is 18.2. The van der Waals surface area contributed by atoms with E-state index in [-0.39, 0.29) is 18.8 Å². The molecule has 0 bridgehead atoms. The lowest BCUT2D eigenvalue weighted by Gasteiger charge is -2.50. The van der Waals surface area contributed by atoms with E-state index in [2.05, 4.69) is 25.7 Å². The maximum absolute atomic E-state index is 13.2. The Bertz CT molecular complexity index is 528. The molecular weight excluding hydrogens is 327 g/mol. The monoisotopic (exact) mass is 357 g/mol. The SMILES string of the molecule is CCC(C)N1CC2CCC(C)CC2OC1C1=CC=CC(C(F)(F)F)C1. The van der Waals surface area contributed by atoms with Crippen molar-refractivity contribution in [3.8, 4) is 0 Å². The van der Waals surface area contributed by atoms with Crippen LogP contribution in [-0.2, 0) is 4.74 Å². The van der Waals surface area contributed by atoms with Gasteiger partial charge in [0, 0.05) is 12.6 Å². The molecule has 6 unspecified atom stereocenters. The van der Waals surface area contributed by atoms with E-state index in [0.717, 1.165) is 31.4 Å². The van der Waals surface area contributed by atoms with E-state index in [9.17, 15) is 13.2 Å². The standard InChI is InChI=1S/C20H30F3NO/c1-4-14(3)24-12-16-9-8-13(2)10-18(16)25-19(24)15-6-5-7-17(11-15)20(21,22)23/h5-7,13-14,16-19H,4,8-12H2,1-3H3. The maximum Gasteiger partial charge on any atom is 0.395 e. The summed E-state index contributed by atoms with van der Waals surface area (Å²) < 4.78 is 46.0. The highest BCUT2D eigenvalue weighted by molar-refractivity contribution is 5.24. The number of allylic oxidation sites excluding steroid dienone is 3. The first-order valence-electron chi connectivity index (χ1n) is 9.64. The summed E-state index contributed by atoms with van der Waals surface area (Å²) in [5.41, 5.74) is 0.779. The fraction of sp³-hybridized carbons (Fsp3) is 0.800. The summed E-state index contributed by atoms with van der Waals surface area (Å²) in [6, 6.07) is 0.307. The van der Waals surface area contributed by atoms with Gasteiger partial charge in [-0.3, -0.25) is 4.90 Å². The molecule has 2 fully saturated rings. The van der Waals surface area contributed by atoms with Crippen LogP contribution in [0.5, 0.6) is 0 Å². The number of alkyl halides is 3. The molecule has 0 spiro atoms. The number of ether oxygens (including phenoxy) is 1. The van der Waals surface area contributed by atoms with Crippen molar-refractivity contribution >= 4 is 0 Å². The number of rotatable bonds is 3. The van der Waals surface area contributed by atoms with Crippen molar-refractivity contribution in [3.05, 3.63) is 23.8 Å².